The van der Waals surface area contributed by atoms with Crippen LogP contribution >= 0.6 is 0 Å². The van der Waals surface area contributed by atoms with Crippen LogP contribution in [0, 0.1) is 11.3 Å². The lowest BCUT2D eigenvalue weighted by molar-refractivity contribution is 0.0596. The highest BCUT2D eigenvalue weighted by Gasteiger charge is 2.18. The molecule has 5 heteroatoms. The first-order valence-corrected chi connectivity index (χ1v) is 4.04. The quantitative estimate of drug-likeness (QED) is 0.733. The number of methoxy groups -OCH3 is 2. The van der Waals surface area contributed by atoms with Gasteiger partial charge in [-0.15, -0.1) is 0 Å². The Balaban J connectivity index is 3.39. The number of esters is 1. The Morgan fingerprint density at radius 3 is 2.60 bits per heavy atom. The van der Waals surface area contributed by atoms with Gasteiger partial charge in [0.25, 0.3) is 0 Å². The van der Waals surface area contributed by atoms with Gasteiger partial charge in [-0.25, -0.2) is 4.79 Å². The second-order valence-corrected chi connectivity index (χ2v) is 2.65. The molecule has 15 heavy (non-hydrogen) atoms. The zero-order chi connectivity index (χ0) is 11.4. The van der Waals surface area contributed by atoms with Gasteiger partial charge in [-0.1, -0.05) is 0 Å². The summed E-state index contributed by atoms with van der Waals surface area (Å²) in [5.74, 6) is -1.05. The molecular formula is C10H9NO4. The van der Waals surface area contributed by atoms with Gasteiger partial charge in [0, 0.05) is 0 Å². The van der Waals surface area contributed by atoms with Gasteiger partial charge in [-0.3, -0.25) is 0 Å². The Labute approximate surface area is 86.5 Å². The summed E-state index contributed by atoms with van der Waals surface area (Å²) in [6.45, 7) is 0. The first-order valence-electron chi connectivity index (χ1n) is 4.04. The number of benzene rings is 1. The summed E-state index contributed by atoms with van der Waals surface area (Å²) in [7, 11) is 2.51. The van der Waals surface area contributed by atoms with Crippen LogP contribution in [0.2, 0.25) is 0 Å². The first-order chi connectivity index (χ1) is 7.15. The van der Waals surface area contributed by atoms with Crippen LogP contribution in [0.25, 0.3) is 0 Å². The van der Waals surface area contributed by atoms with Gasteiger partial charge in [0.2, 0.25) is 0 Å². The van der Waals surface area contributed by atoms with E-state index >= 15 is 0 Å². The zero-order valence-corrected chi connectivity index (χ0v) is 8.27. The van der Waals surface area contributed by atoms with E-state index in [4.69, 9.17) is 10.00 Å². The topological polar surface area (TPSA) is 79.6 Å². The average Bonchev–Trinajstić information content (AvgIpc) is 2.27. The molecule has 0 aromatic heterocycles. The highest BCUT2D eigenvalue weighted by atomic mass is 16.5. The van der Waals surface area contributed by atoms with E-state index in [0.29, 0.717) is 0 Å². The molecule has 0 aliphatic rings. The minimum absolute atomic E-state index is 0.0412. The maximum absolute atomic E-state index is 11.2. The molecule has 0 atom stereocenters. The zero-order valence-electron chi connectivity index (χ0n) is 8.27. The van der Waals surface area contributed by atoms with Crippen molar-refractivity contribution in [1.82, 2.24) is 0 Å². The van der Waals surface area contributed by atoms with Crippen molar-refractivity contribution in [1.29, 1.82) is 5.26 Å². The van der Waals surface area contributed by atoms with Gasteiger partial charge in [-0.2, -0.15) is 5.26 Å². The molecular weight excluding hydrogens is 198 g/mol. The van der Waals surface area contributed by atoms with Crippen LogP contribution in [0.15, 0.2) is 12.1 Å². The molecule has 0 spiro atoms. The SMILES string of the molecule is COC(=O)c1ccc(C#N)c(O)c1OC. The summed E-state index contributed by atoms with van der Waals surface area (Å²) in [6, 6.07) is 4.46. The van der Waals surface area contributed by atoms with Gasteiger partial charge < -0.3 is 14.6 Å². The van der Waals surface area contributed by atoms with E-state index in [1.807, 2.05) is 0 Å². The molecule has 0 saturated heterocycles. The molecule has 1 aromatic rings. The number of rotatable bonds is 2. The van der Waals surface area contributed by atoms with Crippen molar-refractivity contribution in [2.75, 3.05) is 14.2 Å². The smallest absolute Gasteiger partial charge is 0.341 e. The predicted octanol–water partition coefficient (Wildman–Crippen LogP) is 1.06. The molecule has 0 amide bonds. The summed E-state index contributed by atoms with van der Waals surface area (Å²) in [5, 5.41) is 18.2. The number of carbonyl (C=O) groups excluding carboxylic acids is 1. The summed E-state index contributed by atoms with van der Waals surface area (Å²) >= 11 is 0. The van der Waals surface area contributed by atoms with Crippen LogP contribution < -0.4 is 4.74 Å². The second kappa shape index (κ2) is 4.33. The Bertz CT molecular complexity index is 434. The lowest BCUT2D eigenvalue weighted by Crippen LogP contribution is -2.04. The molecule has 1 aromatic carbocycles. The Kier molecular flexibility index (Phi) is 3.13. The van der Waals surface area contributed by atoms with Crippen molar-refractivity contribution in [2.24, 2.45) is 0 Å². The van der Waals surface area contributed by atoms with Crippen LogP contribution in [-0.4, -0.2) is 25.3 Å². The van der Waals surface area contributed by atoms with Crippen LogP contribution in [0.5, 0.6) is 11.5 Å². The third kappa shape index (κ3) is 1.83. The van der Waals surface area contributed by atoms with Crippen molar-refractivity contribution >= 4 is 5.97 Å². The number of ether oxygens (including phenoxy) is 2. The van der Waals surface area contributed by atoms with Crippen LogP contribution in [0.1, 0.15) is 15.9 Å². The van der Waals surface area contributed by atoms with E-state index in [2.05, 4.69) is 4.74 Å². The fourth-order valence-electron chi connectivity index (χ4n) is 1.14. The fourth-order valence-corrected chi connectivity index (χ4v) is 1.14. The number of carbonyl (C=O) groups is 1. The summed E-state index contributed by atoms with van der Waals surface area (Å²) in [6.07, 6.45) is 0. The number of phenolic OH excluding ortho intramolecular Hbond substituents is 1. The Morgan fingerprint density at radius 2 is 2.13 bits per heavy atom. The monoisotopic (exact) mass is 207 g/mol. The lowest BCUT2D eigenvalue weighted by Gasteiger charge is -2.09. The van der Waals surface area contributed by atoms with E-state index < -0.39 is 5.97 Å². The predicted molar refractivity (Wildman–Crippen MR) is 50.7 cm³/mol. The largest absolute Gasteiger partial charge is 0.503 e. The molecule has 0 radical (unpaired) electrons. The molecule has 78 valence electrons. The highest BCUT2D eigenvalue weighted by molar-refractivity contribution is 5.94. The molecule has 1 N–H and O–H groups in total. The van der Waals surface area contributed by atoms with E-state index in [1.54, 1.807) is 6.07 Å². The molecule has 0 bridgehead atoms. The van der Waals surface area contributed by atoms with Gasteiger partial charge in [0.15, 0.2) is 11.5 Å². The molecule has 0 aliphatic heterocycles. The van der Waals surface area contributed by atoms with Crippen molar-refractivity contribution in [2.45, 2.75) is 0 Å². The maximum atomic E-state index is 11.2. The second-order valence-electron chi connectivity index (χ2n) is 2.65. The molecule has 0 fully saturated rings. The van der Waals surface area contributed by atoms with Crippen molar-refractivity contribution in [3.63, 3.8) is 0 Å². The van der Waals surface area contributed by atoms with Gasteiger partial charge in [0.1, 0.15) is 11.6 Å². The summed E-state index contributed by atoms with van der Waals surface area (Å²) in [4.78, 5) is 11.2. The van der Waals surface area contributed by atoms with Gasteiger partial charge in [0.05, 0.1) is 19.8 Å². The average molecular weight is 207 g/mol. The highest BCUT2D eigenvalue weighted by Crippen LogP contribution is 2.33. The van der Waals surface area contributed by atoms with E-state index in [0.717, 1.165) is 0 Å². The van der Waals surface area contributed by atoms with Crippen LogP contribution in [0.3, 0.4) is 0 Å². The van der Waals surface area contributed by atoms with E-state index in [9.17, 15) is 9.90 Å². The summed E-state index contributed by atoms with van der Waals surface area (Å²) in [5.41, 5.74) is 0.121. The molecule has 0 heterocycles. The number of nitrogens with zero attached hydrogens (tertiary/aromatic N) is 1. The van der Waals surface area contributed by atoms with Crippen molar-refractivity contribution in [3.8, 4) is 17.6 Å². The molecule has 0 saturated carbocycles. The molecule has 1 rings (SSSR count). The van der Waals surface area contributed by atoms with E-state index in [1.165, 1.54) is 26.4 Å². The molecule has 0 aliphatic carbocycles. The lowest BCUT2D eigenvalue weighted by atomic mass is 10.1. The third-order valence-corrected chi connectivity index (χ3v) is 1.86. The van der Waals surface area contributed by atoms with E-state index in [-0.39, 0.29) is 22.6 Å². The maximum Gasteiger partial charge on any atom is 0.341 e. The number of nitriles is 1. The van der Waals surface area contributed by atoms with Gasteiger partial charge in [-0.05, 0) is 12.1 Å². The van der Waals surface area contributed by atoms with Gasteiger partial charge >= 0.3 is 5.97 Å². The molecule has 0 unspecified atom stereocenters. The fraction of sp³-hybridized carbons (Fsp3) is 0.200. The minimum atomic E-state index is -0.633. The number of aromatic hydroxyl groups is 1. The number of phenols is 1. The minimum Gasteiger partial charge on any atom is -0.503 e. The standard InChI is InChI=1S/C10H9NO4/c1-14-9-7(10(13)15-2)4-3-6(5-11)8(9)12/h3-4,12H,1-2H3. The third-order valence-electron chi connectivity index (χ3n) is 1.86. The van der Waals surface area contributed by atoms with Crippen LogP contribution in [-0.2, 0) is 4.74 Å². The summed E-state index contributed by atoms with van der Waals surface area (Å²) < 4.78 is 9.33. The van der Waals surface area contributed by atoms with Crippen molar-refractivity contribution in [3.05, 3.63) is 23.3 Å². The number of hydrogen-bond acceptors (Lipinski definition) is 5. The Hall–Kier alpha value is -2.22. The number of hydrogen-bond donors (Lipinski definition) is 1. The first kappa shape index (κ1) is 10.9. The molecule has 5 nitrogen and oxygen atoms in total. The normalized spacial score (nSPS) is 9.13. The van der Waals surface area contributed by atoms with Crippen LogP contribution in [0.4, 0.5) is 0 Å². The Morgan fingerprint density at radius 1 is 1.47 bits per heavy atom. The van der Waals surface area contributed by atoms with Crippen molar-refractivity contribution < 1.29 is 19.4 Å².